The topological polar surface area (TPSA) is 51.7 Å². The fourth-order valence-corrected chi connectivity index (χ4v) is 3.17. The van der Waals surface area contributed by atoms with Crippen LogP contribution in [0.4, 0.5) is 0 Å². The molecule has 1 fully saturated rings. The van der Waals surface area contributed by atoms with Gasteiger partial charge in [0.25, 0.3) is 0 Å². The number of ether oxygens (including phenoxy) is 2. The maximum Gasteiger partial charge on any atom is 0.308 e. The summed E-state index contributed by atoms with van der Waals surface area (Å²) in [6, 6.07) is 0. The molecule has 2 rings (SSSR count). The van der Waals surface area contributed by atoms with Crippen LogP contribution in [0.25, 0.3) is 0 Å². The van der Waals surface area contributed by atoms with Crippen LogP contribution in [0.1, 0.15) is 37.9 Å². The second-order valence-corrected chi connectivity index (χ2v) is 7.26. The SMILES string of the molecule is COC(=O)CC1CN(Cc2csc(C(C)(C)C)n2)CCO1. The van der Waals surface area contributed by atoms with E-state index >= 15 is 0 Å². The Morgan fingerprint density at radius 2 is 2.33 bits per heavy atom. The van der Waals surface area contributed by atoms with Gasteiger partial charge in [0.15, 0.2) is 0 Å². The third-order valence-corrected chi connectivity index (χ3v) is 4.74. The van der Waals surface area contributed by atoms with Crippen molar-refractivity contribution < 1.29 is 14.3 Å². The molecule has 1 unspecified atom stereocenters. The van der Waals surface area contributed by atoms with Crippen molar-refractivity contribution >= 4 is 17.3 Å². The number of rotatable bonds is 4. The summed E-state index contributed by atoms with van der Waals surface area (Å²) < 4.78 is 10.3. The van der Waals surface area contributed by atoms with Crippen molar-refractivity contribution in [2.75, 3.05) is 26.8 Å². The van der Waals surface area contributed by atoms with E-state index in [0.717, 1.165) is 30.3 Å². The molecule has 1 aliphatic heterocycles. The largest absolute Gasteiger partial charge is 0.469 e. The van der Waals surface area contributed by atoms with Gasteiger partial charge in [0.1, 0.15) is 0 Å². The van der Waals surface area contributed by atoms with Gasteiger partial charge in [-0.3, -0.25) is 9.69 Å². The number of hydrogen-bond donors (Lipinski definition) is 0. The van der Waals surface area contributed by atoms with Gasteiger partial charge >= 0.3 is 5.97 Å². The zero-order valence-corrected chi connectivity index (χ0v) is 14.0. The Hall–Kier alpha value is -0.980. The lowest BCUT2D eigenvalue weighted by atomic mass is 9.98. The summed E-state index contributed by atoms with van der Waals surface area (Å²) in [4.78, 5) is 18.3. The first-order valence-corrected chi connectivity index (χ1v) is 8.12. The lowest BCUT2D eigenvalue weighted by Gasteiger charge is -2.31. The number of nitrogens with zero attached hydrogens (tertiary/aromatic N) is 2. The molecule has 1 aromatic heterocycles. The fraction of sp³-hybridized carbons (Fsp3) is 0.733. The van der Waals surface area contributed by atoms with E-state index in [2.05, 4.69) is 31.1 Å². The molecule has 2 heterocycles. The van der Waals surface area contributed by atoms with Gasteiger partial charge in [0.05, 0.1) is 36.9 Å². The molecule has 0 amide bonds. The van der Waals surface area contributed by atoms with Gasteiger partial charge in [-0.25, -0.2) is 4.98 Å². The van der Waals surface area contributed by atoms with Crippen molar-refractivity contribution in [2.24, 2.45) is 0 Å². The van der Waals surface area contributed by atoms with Gasteiger partial charge in [-0.2, -0.15) is 0 Å². The molecular weight excluding hydrogens is 288 g/mol. The van der Waals surface area contributed by atoms with Crippen LogP contribution < -0.4 is 0 Å². The first-order valence-electron chi connectivity index (χ1n) is 7.24. The minimum Gasteiger partial charge on any atom is -0.469 e. The Bertz CT molecular complexity index is 482. The first-order chi connectivity index (χ1) is 9.88. The molecule has 0 spiro atoms. The average Bonchev–Trinajstić information content (AvgIpc) is 2.87. The Labute approximate surface area is 130 Å². The summed E-state index contributed by atoms with van der Waals surface area (Å²) in [7, 11) is 1.41. The van der Waals surface area contributed by atoms with Crippen molar-refractivity contribution in [3.8, 4) is 0 Å². The quantitative estimate of drug-likeness (QED) is 0.798. The van der Waals surface area contributed by atoms with E-state index in [0.29, 0.717) is 13.0 Å². The van der Waals surface area contributed by atoms with Gasteiger partial charge in [0.2, 0.25) is 0 Å². The predicted molar refractivity (Wildman–Crippen MR) is 82.5 cm³/mol. The molecule has 118 valence electrons. The number of esters is 1. The molecule has 0 bridgehead atoms. The highest BCUT2D eigenvalue weighted by atomic mass is 32.1. The lowest BCUT2D eigenvalue weighted by Crippen LogP contribution is -2.42. The molecule has 5 nitrogen and oxygen atoms in total. The average molecular weight is 312 g/mol. The lowest BCUT2D eigenvalue weighted by molar-refractivity contribution is -0.145. The van der Waals surface area contributed by atoms with E-state index in [1.54, 1.807) is 11.3 Å². The Morgan fingerprint density at radius 3 is 2.95 bits per heavy atom. The summed E-state index contributed by atoms with van der Waals surface area (Å²) in [6.07, 6.45) is 0.240. The maximum absolute atomic E-state index is 11.3. The van der Waals surface area contributed by atoms with Crippen LogP contribution in [-0.4, -0.2) is 48.8 Å². The van der Waals surface area contributed by atoms with Crippen LogP contribution in [0.2, 0.25) is 0 Å². The molecule has 0 N–H and O–H groups in total. The Morgan fingerprint density at radius 1 is 1.57 bits per heavy atom. The monoisotopic (exact) mass is 312 g/mol. The van der Waals surface area contributed by atoms with Crippen molar-refractivity contribution in [3.63, 3.8) is 0 Å². The van der Waals surface area contributed by atoms with Crippen LogP contribution in [0.5, 0.6) is 0 Å². The van der Waals surface area contributed by atoms with Crippen molar-refractivity contribution in [3.05, 3.63) is 16.1 Å². The van der Waals surface area contributed by atoms with Crippen LogP contribution in [0, 0.1) is 0 Å². The molecule has 1 aliphatic rings. The molecule has 0 radical (unpaired) electrons. The standard InChI is InChI=1S/C15H24N2O3S/c1-15(2,3)14-16-11(10-21-14)8-17-5-6-20-12(9-17)7-13(18)19-4/h10,12H,5-9H2,1-4H3. The summed E-state index contributed by atoms with van der Waals surface area (Å²) in [5, 5.41) is 3.29. The highest BCUT2D eigenvalue weighted by molar-refractivity contribution is 7.09. The van der Waals surface area contributed by atoms with Gasteiger partial charge in [-0.1, -0.05) is 20.8 Å². The third-order valence-electron chi connectivity index (χ3n) is 3.42. The van der Waals surface area contributed by atoms with Crippen LogP contribution >= 0.6 is 11.3 Å². The normalized spacial score (nSPS) is 20.5. The van der Waals surface area contributed by atoms with E-state index < -0.39 is 0 Å². The summed E-state index contributed by atoms with van der Waals surface area (Å²) in [5.74, 6) is -0.217. The molecule has 0 aliphatic carbocycles. The summed E-state index contributed by atoms with van der Waals surface area (Å²) in [6.45, 7) is 9.62. The number of thiazole rings is 1. The number of carbonyl (C=O) groups excluding carboxylic acids is 1. The van der Waals surface area contributed by atoms with Crippen molar-refractivity contribution in [2.45, 2.75) is 45.3 Å². The molecule has 6 heteroatoms. The second-order valence-electron chi connectivity index (χ2n) is 6.40. The molecule has 1 aromatic rings. The second kappa shape index (κ2) is 6.85. The van der Waals surface area contributed by atoms with E-state index in [9.17, 15) is 4.79 Å². The van der Waals surface area contributed by atoms with E-state index in [1.807, 2.05) is 0 Å². The number of carbonyl (C=O) groups is 1. The number of hydrogen-bond acceptors (Lipinski definition) is 6. The van der Waals surface area contributed by atoms with Crippen molar-refractivity contribution in [1.29, 1.82) is 0 Å². The van der Waals surface area contributed by atoms with E-state index in [4.69, 9.17) is 14.5 Å². The van der Waals surface area contributed by atoms with Crippen LogP contribution in [0.15, 0.2) is 5.38 Å². The molecular formula is C15H24N2O3S. The van der Waals surface area contributed by atoms with Gasteiger partial charge in [-0.05, 0) is 0 Å². The minimum atomic E-state index is -0.217. The zero-order chi connectivity index (χ0) is 15.5. The summed E-state index contributed by atoms with van der Waals surface area (Å²) in [5.41, 5.74) is 1.20. The Kier molecular flexibility index (Phi) is 5.35. The van der Waals surface area contributed by atoms with E-state index in [-0.39, 0.29) is 17.5 Å². The zero-order valence-electron chi connectivity index (χ0n) is 13.2. The smallest absolute Gasteiger partial charge is 0.308 e. The molecule has 0 aromatic carbocycles. The third kappa shape index (κ3) is 4.76. The number of aromatic nitrogens is 1. The van der Waals surface area contributed by atoms with Crippen LogP contribution in [-0.2, 0) is 26.2 Å². The van der Waals surface area contributed by atoms with Gasteiger partial charge in [0, 0.05) is 30.4 Å². The molecule has 21 heavy (non-hydrogen) atoms. The highest BCUT2D eigenvalue weighted by Crippen LogP contribution is 2.26. The van der Waals surface area contributed by atoms with Gasteiger partial charge in [-0.15, -0.1) is 11.3 Å². The highest BCUT2D eigenvalue weighted by Gasteiger charge is 2.24. The molecule has 1 saturated heterocycles. The molecule has 1 atom stereocenters. The Balaban J connectivity index is 1.90. The first kappa shape index (κ1) is 16.4. The van der Waals surface area contributed by atoms with Crippen LogP contribution in [0.3, 0.4) is 0 Å². The van der Waals surface area contributed by atoms with Crippen molar-refractivity contribution in [1.82, 2.24) is 9.88 Å². The van der Waals surface area contributed by atoms with Gasteiger partial charge < -0.3 is 9.47 Å². The van der Waals surface area contributed by atoms with E-state index in [1.165, 1.54) is 7.11 Å². The summed E-state index contributed by atoms with van der Waals surface area (Å²) >= 11 is 1.72. The maximum atomic E-state index is 11.3. The molecule has 0 saturated carbocycles. The number of methoxy groups -OCH3 is 1. The number of morpholine rings is 1. The minimum absolute atomic E-state index is 0.0769. The fourth-order valence-electron chi connectivity index (χ4n) is 2.27. The predicted octanol–water partition coefficient (Wildman–Crippen LogP) is 2.20.